The van der Waals surface area contributed by atoms with Crippen LogP contribution in [-0.2, 0) is 0 Å². The van der Waals surface area contributed by atoms with Crippen molar-refractivity contribution in [2.45, 2.75) is 20.8 Å². The molecule has 4 heteroatoms. The Kier molecular flexibility index (Phi) is 3.16. The fourth-order valence-electron chi connectivity index (χ4n) is 2.60. The van der Waals surface area contributed by atoms with Crippen LogP contribution in [0.2, 0.25) is 0 Å². The Morgan fingerprint density at radius 3 is 2.29 bits per heavy atom. The third-order valence-electron chi connectivity index (χ3n) is 3.67. The fraction of sp³-hybridized carbons (Fsp3) is 0.294. The van der Waals surface area contributed by atoms with Crippen LogP contribution >= 0.6 is 0 Å². The van der Waals surface area contributed by atoms with Gasteiger partial charge in [0.2, 0.25) is 0 Å². The van der Waals surface area contributed by atoms with Crippen LogP contribution in [0.3, 0.4) is 0 Å². The Morgan fingerprint density at radius 2 is 1.67 bits per heavy atom. The van der Waals surface area contributed by atoms with Crippen molar-refractivity contribution < 1.29 is 0 Å². The fourth-order valence-corrected chi connectivity index (χ4v) is 2.60. The molecule has 0 atom stereocenters. The van der Waals surface area contributed by atoms with Crippen LogP contribution in [0.15, 0.2) is 30.3 Å². The van der Waals surface area contributed by atoms with Crippen LogP contribution < -0.4 is 4.90 Å². The lowest BCUT2D eigenvalue weighted by Gasteiger charge is -2.14. The SMILES string of the molecule is Cc1ccc(-c2c(C)nn3c(N(C)C)cc(C)nc23)cc1. The third-order valence-corrected chi connectivity index (χ3v) is 3.67. The predicted molar refractivity (Wildman–Crippen MR) is 87.0 cm³/mol. The summed E-state index contributed by atoms with van der Waals surface area (Å²) in [7, 11) is 4.05. The van der Waals surface area contributed by atoms with E-state index in [1.165, 1.54) is 5.56 Å². The molecule has 0 amide bonds. The summed E-state index contributed by atoms with van der Waals surface area (Å²) in [6, 6.07) is 10.6. The van der Waals surface area contributed by atoms with Crippen LogP contribution in [0.25, 0.3) is 16.8 Å². The summed E-state index contributed by atoms with van der Waals surface area (Å²) in [5, 5.41) is 4.69. The molecule has 0 aliphatic heterocycles. The molecule has 0 unspecified atom stereocenters. The molecule has 0 spiro atoms. The zero-order valence-electron chi connectivity index (χ0n) is 13.2. The molecule has 1 aromatic carbocycles. The van der Waals surface area contributed by atoms with E-state index in [-0.39, 0.29) is 0 Å². The van der Waals surface area contributed by atoms with E-state index in [4.69, 9.17) is 4.98 Å². The van der Waals surface area contributed by atoms with E-state index in [0.29, 0.717) is 0 Å². The highest BCUT2D eigenvalue weighted by Gasteiger charge is 2.16. The summed E-state index contributed by atoms with van der Waals surface area (Å²) >= 11 is 0. The van der Waals surface area contributed by atoms with Gasteiger partial charge in [-0.1, -0.05) is 29.8 Å². The van der Waals surface area contributed by atoms with Gasteiger partial charge in [0.1, 0.15) is 5.82 Å². The Labute approximate surface area is 125 Å². The molecule has 4 nitrogen and oxygen atoms in total. The quantitative estimate of drug-likeness (QED) is 0.721. The molecule has 0 fully saturated rings. The topological polar surface area (TPSA) is 33.4 Å². The van der Waals surface area contributed by atoms with Gasteiger partial charge in [-0.25, -0.2) is 4.98 Å². The van der Waals surface area contributed by atoms with E-state index in [9.17, 15) is 0 Å². The number of hydrogen-bond donors (Lipinski definition) is 0. The molecule has 0 saturated heterocycles. The molecule has 0 saturated carbocycles. The molecular weight excluding hydrogens is 260 g/mol. The third kappa shape index (κ3) is 2.27. The standard InChI is InChI=1S/C17H20N4/c1-11-6-8-14(9-7-11)16-13(3)19-21-15(20(4)5)10-12(2)18-17(16)21/h6-10H,1-5H3. The second-order valence-electron chi connectivity index (χ2n) is 5.71. The highest BCUT2D eigenvalue weighted by Crippen LogP contribution is 2.29. The smallest absolute Gasteiger partial charge is 0.165 e. The van der Waals surface area contributed by atoms with Gasteiger partial charge in [0.05, 0.1) is 5.69 Å². The number of benzene rings is 1. The average molecular weight is 280 g/mol. The second kappa shape index (κ2) is 4.88. The van der Waals surface area contributed by atoms with E-state index < -0.39 is 0 Å². The minimum absolute atomic E-state index is 0.917. The first-order valence-corrected chi connectivity index (χ1v) is 7.08. The number of rotatable bonds is 2. The number of aromatic nitrogens is 3. The molecule has 0 N–H and O–H groups in total. The van der Waals surface area contributed by atoms with Gasteiger partial charge in [-0.15, -0.1) is 0 Å². The van der Waals surface area contributed by atoms with Gasteiger partial charge in [-0.2, -0.15) is 9.61 Å². The van der Waals surface area contributed by atoms with Crippen molar-refractivity contribution in [3.63, 3.8) is 0 Å². The Hall–Kier alpha value is -2.36. The minimum atomic E-state index is 0.917. The van der Waals surface area contributed by atoms with Crippen LogP contribution in [0, 0.1) is 20.8 Å². The first-order valence-electron chi connectivity index (χ1n) is 7.08. The summed E-state index contributed by atoms with van der Waals surface area (Å²) in [6.07, 6.45) is 0. The van der Waals surface area contributed by atoms with Crippen molar-refractivity contribution in [3.05, 3.63) is 47.3 Å². The van der Waals surface area contributed by atoms with Crippen LogP contribution in [-0.4, -0.2) is 28.7 Å². The Balaban J connectivity index is 2.33. The molecule has 21 heavy (non-hydrogen) atoms. The van der Waals surface area contributed by atoms with Crippen molar-refractivity contribution in [2.75, 3.05) is 19.0 Å². The Morgan fingerprint density at radius 1 is 1.00 bits per heavy atom. The lowest BCUT2D eigenvalue weighted by atomic mass is 10.0. The first kappa shape index (κ1) is 13.6. The largest absolute Gasteiger partial charge is 0.363 e. The maximum absolute atomic E-state index is 4.71. The van der Waals surface area contributed by atoms with E-state index in [1.54, 1.807) is 0 Å². The number of anilines is 1. The lowest BCUT2D eigenvalue weighted by molar-refractivity contribution is 0.875. The van der Waals surface area contributed by atoms with Crippen molar-refractivity contribution in [3.8, 4) is 11.1 Å². The number of nitrogens with zero attached hydrogens (tertiary/aromatic N) is 4. The minimum Gasteiger partial charge on any atom is -0.363 e. The predicted octanol–water partition coefficient (Wildman–Crippen LogP) is 3.39. The first-order chi connectivity index (χ1) is 9.97. The van der Waals surface area contributed by atoms with Crippen molar-refractivity contribution in [2.24, 2.45) is 0 Å². The monoisotopic (exact) mass is 280 g/mol. The van der Waals surface area contributed by atoms with Gasteiger partial charge in [-0.05, 0) is 26.3 Å². The van der Waals surface area contributed by atoms with E-state index in [0.717, 1.165) is 34.0 Å². The van der Waals surface area contributed by atoms with Gasteiger partial charge in [0.25, 0.3) is 0 Å². The molecule has 2 heterocycles. The van der Waals surface area contributed by atoms with Crippen molar-refractivity contribution in [1.82, 2.24) is 14.6 Å². The summed E-state index contributed by atoms with van der Waals surface area (Å²) in [5.74, 6) is 1.04. The average Bonchev–Trinajstić information content (AvgIpc) is 2.75. The molecular formula is C17H20N4. The molecule has 2 aromatic heterocycles. The second-order valence-corrected chi connectivity index (χ2v) is 5.71. The van der Waals surface area contributed by atoms with Gasteiger partial charge in [0.15, 0.2) is 5.65 Å². The lowest BCUT2D eigenvalue weighted by Crippen LogP contribution is -2.14. The van der Waals surface area contributed by atoms with Crippen LogP contribution in [0.1, 0.15) is 17.0 Å². The molecule has 0 bridgehead atoms. The summed E-state index contributed by atoms with van der Waals surface area (Å²) < 4.78 is 1.93. The highest BCUT2D eigenvalue weighted by atomic mass is 15.3. The molecule has 0 radical (unpaired) electrons. The molecule has 3 rings (SSSR count). The Bertz CT molecular complexity index is 798. The van der Waals surface area contributed by atoms with Crippen molar-refractivity contribution in [1.29, 1.82) is 0 Å². The zero-order chi connectivity index (χ0) is 15.1. The number of hydrogen-bond acceptors (Lipinski definition) is 3. The zero-order valence-corrected chi connectivity index (χ0v) is 13.2. The maximum atomic E-state index is 4.71. The normalized spacial score (nSPS) is 11.1. The number of fused-ring (bicyclic) bond motifs is 1. The maximum Gasteiger partial charge on any atom is 0.165 e. The summed E-state index contributed by atoms with van der Waals surface area (Å²) in [4.78, 5) is 6.77. The van der Waals surface area contributed by atoms with Crippen LogP contribution in [0.5, 0.6) is 0 Å². The summed E-state index contributed by atoms with van der Waals surface area (Å²) in [6.45, 7) is 6.16. The van der Waals surface area contributed by atoms with Gasteiger partial charge in [-0.3, -0.25) is 0 Å². The number of aryl methyl sites for hydroxylation is 3. The van der Waals surface area contributed by atoms with Crippen molar-refractivity contribution >= 4 is 11.5 Å². The van der Waals surface area contributed by atoms with Gasteiger partial charge in [0, 0.05) is 31.4 Å². The molecule has 3 aromatic rings. The highest BCUT2D eigenvalue weighted by molar-refractivity contribution is 5.81. The van der Waals surface area contributed by atoms with E-state index in [1.807, 2.05) is 32.5 Å². The molecule has 0 aliphatic carbocycles. The molecule has 108 valence electrons. The van der Waals surface area contributed by atoms with E-state index >= 15 is 0 Å². The van der Waals surface area contributed by atoms with Gasteiger partial charge >= 0.3 is 0 Å². The van der Waals surface area contributed by atoms with Gasteiger partial charge < -0.3 is 4.90 Å². The van der Waals surface area contributed by atoms with Crippen LogP contribution in [0.4, 0.5) is 5.82 Å². The molecule has 0 aliphatic rings. The van der Waals surface area contributed by atoms with E-state index in [2.05, 4.69) is 47.3 Å². The summed E-state index contributed by atoms with van der Waals surface area (Å²) in [5.41, 5.74) is 6.45.